The predicted molar refractivity (Wildman–Crippen MR) is 93.3 cm³/mol. The molecule has 0 aliphatic rings. The SMILES string of the molecule is CCCCCCCCC(=O)n1cc(CCN)c2ccccc21. The maximum absolute atomic E-state index is 12.5. The first-order valence-electron chi connectivity index (χ1n) is 8.60. The molecule has 0 saturated heterocycles. The molecule has 120 valence electrons. The summed E-state index contributed by atoms with van der Waals surface area (Å²) < 4.78 is 1.83. The summed E-state index contributed by atoms with van der Waals surface area (Å²) in [7, 11) is 0. The molecule has 0 fully saturated rings. The number of carbonyl (C=O) groups is 1. The first-order chi connectivity index (χ1) is 10.8. The van der Waals surface area contributed by atoms with Gasteiger partial charge in [-0.05, 0) is 31.0 Å². The normalized spacial score (nSPS) is 11.2. The van der Waals surface area contributed by atoms with E-state index in [4.69, 9.17) is 5.73 Å². The molecular weight excluding hydrogens is 272 g/mol. The van der Waals surface area contributed by atoms with Gasteiger partial charge in [-0.2, -0.15) is 0 Å². The van der Waals surface area contributed by atoms with Crippen molar-refractivity contribution >= 4 is 16.8 Å². The van der Waals surface area contributed by atoms with Gasteiger partial charge in [-0.3, -0.25) is 9.36 Å². The van der Waals surface area contributed by atoms with Crippen LogP contribution >= 0.6 is 0 Å². The zero-order valence-electron chi connectivity index (χ0n) is 13.7. The molecule has 0 aliphatic carbocycles. The van der Waals surface area contributed by atoms with E-state index in [0.29, 0.717) is 13.0 Å². The maximum Gasteiger partial charge on any atom is 0.231 e. The van der Waals surface area contributed by atoms with Crippen LogP contribution in [0.5, 0.6) is 0 Å². The van der Waals surface area contributed by atoms with Crippen LogP contribution in [0.1, 0.15) is 62.2 Å². The van der Waals surface area contributed by atoms with Crippen LogP contribution in [0.3, 0.4) is 0 Å². The second kappa shape index (κ2) is 8.74. The molecule has 0 bridgehead atoms. The Labute approximate surface area is 133 Å². The molecule has 1 heterocycles. The summed E-state index contributed by atoms with van der Waals surface area (Å²) in [5.41, 5.74) is 7.87. The van der Waals surface area contributed by atoms with Gasteiger partial charge >= 0.3 is 0 Å². The third-order valence-electron chi connectivity index (χ3n) is 4.22. The minimum Gasteiger partial charge on any atom is -0.330 e. The smallest absolute Gasteiger partial charge is 0.231 e. The van der Waals surface area contributed by atoms with Crippen LogP contribution in [0.4, 0.5) is 0 Å². The number of nitrogens with two attached hydrogens (primary N) is 1. The zero-order valence-corrected chi connectivity index (χ0v) is 13.7. The highest BCUT2D eigenvalue weighted by Gasteiger charge is 2.12. The Morgan fingerprint density at radius 3 is 2.59 bits per heavy atom. The van der Waals surface area contributed by atoms with E-state index in [-0.39, 0.29) is 5.91 Å². The first-order valence-corrected chi connectivity index (χ1v) is 8.60. The van der Waals surface area contributed by atoms with Crippen molar-refractivity contribution in [2.45, 2.75) is 58.3 Å². The highest BCUT2D eigenvalue weighted by atomic mass is 16.2. The van der Waals surface area contributed by atoms with Crippen LogP contribution in [0, 0.1) is 0 Å². The lowest BCUT2D eigenvalue weighted by molar-refractivity contribution is 0.0904. The Morgan fingerprint density at radius 1 is 1.09 bits per heavy atom. The Morgan fingerprint density at radius 2 is 1.82 bits per heavy atom. The third-order valence-corrected chi connectivity index (χ3v) is 4.22. The van der Waals surface area contributed by atoms with E-state index in [0.717, 1.165) is 30.2 Å². The quantitative estimate of drug-likeness (QED) is 0.691. The minimum absolute atomic E-state index is 0.204. The van der Waals surface area contributed by atoms with Crippen LogP contribution in [-0.4, -0.2) is 17.0 Å². The Hall–Kier alpha value is -1.61. The molecule has 2 aromatic rings. The fourth-order valence-electron chi connectivity index (χ4n) is 2.99. The zero-order chi connectivity index (χ0) is 15.8. The topological polar surface area (TPSA) is 48.0 Å². The molecule has 0 spiro atoms. The summed E-state index contributed by atoms with van der Waals surface area (Å²) in [4.78, 5) is 12.5. The number of benzene rings is 1. The highest BCUT2D eigenvalue weighted by Crippen LogP contribution is 2.22. The van der Waals surface area contributed by atoms with Crippen molar-refractivity contribution in [1.29, 1.82) is 0 Å². The Bertz CT molecular complexity index is 601. The number of carbonyl (C=O) groups excluding carboxylic acids is 1. The molecule has 0 saturated carbocycles. The molecule has 0 radical (unpaired) electrons. The number of rotatable bonds is 9. The summed E-state index contributed by atoms with van der Waals surface area (Å²) in [5, 5.41) is 1.16. The van der Waals surface area contributed by atoms with E-state index < -0.39 is 0 Å². The fraction of sp³-hybridized carbons (Fsp3) is 0.526. The minimum atomic E-state index is 0.204. The summed E-state index contributed by atoms with van der Waals surface area (Å²) in [6.07, 6.45) is 10.7. The van der Waals surface area contributed by atoms with Crippen molar-refractivity contribution in [1.82, 2.24) is 4.57 Å². The van der Waals surface area contributed by atoms with Gasteiger partial charge < -0.3 is 5.73 Å². The second-order valence-corrected chi connectivity index (χ2v) is 5.99. The van der Waals surface area contributed by atoms with Gasteiger partial charge in [0.1, 0.15) is 0 Å². The van der Waals surface area contributed by atoms with Gasteiger partial charge in [-0.25, -0.2) is 0 Å². The summed E-state index contributed by atoms with van der Waals surface area (Å²) >= 11 is 0. The van der Waals surface area contributed by atoms with E-state index in [1.54, 1.807) is 0 Å². The Kier molecular flexibility index (Phi) is 6.66. The first kappa shape index (κ1) is 16.8. The van der Waals surface area contributed by atoms with Crippen molar-refractivity contribution in [3.05, 3.63) is 36.0 Å². The molecule has 2 rings (SSSR count). The van der Waals surface area contributed by atoms with E-state index in [1.807, 2.05) is 29.0 Å². The van der Waals surface area contributed by atoms with E-state index >= 15 is 0 Å². The summed E-state index contributed by atoms with van der Waals surface area (Å²) in [6, 6.07) is 8.11. The molecule has 1 aromatic carbocycles. The van der Waals surface area contributed by atoms with Gasteiger partial charge in [0.15, 0.2) is 0 Å². The molecule has 1 aromatic heterocycles. The van der Waals surface area contributed by atoms with Crippen molar-refractivity contribution in [3.8, 4) is 0 Å². The number of para-hydroxylation sites is 1. The van der Waals surface area contributed by atoms with Gasteiger partial charge in [0.25, 0.3) is 0 Å². The van der Waals surface area contributed by atoms with Gasteiger partial charge in [-0.15, -0.1) is 0 Å². The van der Waals surface area contributed by atoms with Gasteiger partial charge in [0, 0.05) is 18.0 Å². The van der Waals surface area contributed by atoms with Gasteiger partial charge in [0.05, 0.1) is 5.52 Å². The molecule has 0 amide bonds. The lowest BCUT2D eigenvalue weighted by Gasteiger charge is -2.04. The summed E-state index contributed by atoms with van der Waals surface area (Å²) in [5.74, 6) is 0.204. The third kappa shape index (κ3) is 4.20. The number of hydrogen-bond donors (Lipinski definition) is 1. The van der Waals surface area contributed by atoms with Crippen molar-refractivity contribution in [3.63, 3.8) is 0 Å². The molecular formula is C19H28N2O. The lowest BCUT2D eigenvalue weighted by Crippen LogP contribution is -2.09. The van der Waals surface area contributed by atoms with Gasteiger partial charge in [0.2, 0.25) is 5.91 Å². The number of unbranched alkanes of at least 4 members (excludes halogenated alkanes) is 5. The van der Waals surface area contributed by atoms with Crippen LogP contribution < -0.4 is 5.73 Å². The van der Waals surface area contributed by atoms with Crippen molar-refractivity contribution in [2.24, 2.45) is 5.73 Å². The predicted octanol–water partition coefficient (Wildman–Crippen LogP) is 4.53. The lowest BCUT2D eigenvalue weighted by atomic mass is 10.1. The van der Waals surface area contributed by atoms with Crippen LogP contribution in [0.2, 0.25) is 0 Å². The van der Waals surface area contributed by atoms with Crippen LogP contribution in [0.25, 0.3) is 10.9 Å². The standard InChI is InChI=1S/C19H28N2O/c1-2-3-4-5-6-7-12-19(22)21-15-16(13-14-20)17-10-8-9-11-18(17)21/h8-11,15H,2-7,12-14,20H2,1H3. The van der Waals surface area contributed by atoms with Crippen molar-refractivity contribution < 1.29 is 4.79 Å². The molecule has 0 atom stereocenters. The number of aromatic nitrogens is 1. The van der Waals surface area contributed by atoms with Crippen LogP contribution in [-0.2, 0) is 6.42 Å². The number of fused-ring (bicyclic) bond motifs is 1. The summed E-state index contributed by atoms with van der Waals surface area (Å²) in [6.45, 7) is 2.83. The average Bonchev–Trinajstić information content (AvgIpc) is 2.90. The van der Waals surface area contributed by atoms with E-state index in [1.165, 1.54) is 31.2 Å². The number of nitrogens with zero attached hydrogens (tertiary/aromatic N) is 1. The molecule has 2 N–H and O–H groups in total. The maximum atomic E-state index is 12.5. The van der Waals surface area contributed by atoms with Gasteiger partial charge in [-0.1, -0.05) is 57.2 Å². The monoisotopic (exact) mass is 300 g/mol. The molecule has 0 aliphatic heterocycles. The average molecular weight is 300 g/mol. The Balaban J connectivity index is 1.99. The molecule has 0 unspecified atom stereocenters. The molecule has 22 heavy (non-hydrogen) atoms. The molecule has 3 heteroatoms. The largest absolute Gasteiger partial charge is 0.330 e. The second-order valence-electron chi connectivity index (χ2n) is 5.99. The molecule has 3 nitrogen and oxygen atoms in total. The fourth-order valence-corrected chi connectivity index (χ4v) is 2.99. The van der Waals surface area contributed by atoms with E-state index in [2.05, 4.69) is 13.0 Å². The van der Waals surface area contributed by atoms with Crippen LogP contribution in [0.15, 0.2) is 30.5 Å². The van der Waals surface area contributed by atoms with Crippen molar-refractivity contribution in [2.75, 3.05) is 6.54 Å². The number of hydrogen-bond acceptors (Lipinski definition) is 2. The van der Waals surface area contributed by atoms with E-state index in [9.17, 15) is 4.79 Å². The highest BCUT2D eigenvalue weighted by molar-refractivity contribution is 5.94.